The monoisotopic (exact) mass is 366 g/mol. The largest absolute Gasteiger partial charge is 0.339 e. The summed E-state index contributed by atoms with van der Waals surface area (Å²) in [7, 11) is 0. The Morgan fingerprint density at radius 1 is 1.16 bits per heavy atom. The highest BCUT2D eigenvalue weighted by Gasteiger charge is 2.54. The number of nitrogens with one attached hydrogen (secondary N) is 1. The number of halogens is 1. The van der Waals surface area contributed by atoms with E-state index in [4.69, 9.17) is 9.51 Å². The van der Waals surface area contributed by atoms with Gasteiger partial charge in [0.25, 0.3) is 0 Å². The minimum atomic E-state index is 0. The highest BCUT2D eigenvalue weighted by atomic mass is 35.5. The molecule has 0 aromatic carbocycles. The summed E-state index contributed by atoms with van der Waals surface area (Å²) in [4.78, 5) is 7.57. The van der Waals surface area contributed by atoms with Gasteiger partial charge in [0.2, 0.25) is 5.89 Å². The van der Waals surface area contributed by atoms with Crippen molar-refractivity contribution >= 4 is 12.4 Å². The van der Waals surface area contributed by atoms with E-state index in [1.54, 1.807) is 0 Å². The van der Waals surface area contributed by atoms with E-state index in [0.29, 0.717) is 0 Å². The van der Waals surface area contributed by atoms with Gasteiger partial charge in [-0.05, 0) is 69.4 Å². The van der Waals surface area contributed by atoms with Gasteiger partial charge in [0.05, 0.1) is 5.41 Å². The molecule has 0 bridgehead atoms. The van der Waals surface area contributed by atoms with Gasteiger partial charge in [-0.3, -0.25) is 0 Å². The number of nitrogens with zero attached hydrogens (tertiary/aromatic N) is 3. The zero-order valence-electron chi connectivity index (χ0n) is 15.1. The first kappa shape index (κ1) is 17.7. The first-order chi connectivity index (χ1) is 11.8. The van der Waals surface area contributed by atoms with Crippen LogP contribution in [0.2, 0.25) is 0 Å². The van der Waals surface area contributed by atoms with Crippen molar-refractivity contribution in [3.05, 3.63) is 11.7 Å². The molecule has 0 radical (unpaired) electrons. The lowest BCUT2D eigenvalue weighted by atomic mass is 9.80. The molecule has 25 heavy (non-hydrogen) atoms. The molecule has 4 aliphatic rings. The van der Waals surface area contributed by atoms with E-state index in [-0.39, 0.29) is 17.8 Å². The Morgan fingerprint density at radius 3 is 2.88 bits per heavy atom. The van der Waals surface area contributed by atoms with Crippen molar-refractivity contribution in [1.29, 1.82) is 0 Å². The highest BCUT2D eigenvalue weighted by Crippen LogP contribution is 2.50. The van der Waals surface area contributed by atoms with Gasteiger partial charge in [0, 0.05) is 26.1 Å². The van der Waals surface area contributed by atoms with Crippen LogP contribution in [0.15, 0.2) is 4.52 Å². The molecule has 0 amide bonds. The molecule has 6 heteroatoms. The molecular formula is C19H31ClN4O. The lowest BCUT2D eigenvalue weighted by Crippen LogP contribution is -2.39. The zero-order valence-corrected chi connectivity index (χ0v) is 15.9. The smallest absolute Gasteiger partial charge is 0.234 e. The summed E-state index contributed by atoms with van der Waals surface area (Å²) < 4.78 is 5.82. The van der Waals surface area contributed by atoms with Crippen LogP contribution in [-0.4, -0.2) is 47.8 Å². The normalized spacial score (nSPS) is 35.5. The number of likely N-dealkylation sites (tertiary alicyclic amines) is 1. The van der Waals surface area contributed by atoms with E-state index >= 15 is 0 Å². The summed E-state index contributed by atoms with van der Waals surface area (Å²) in [6.07, 6.45) is 10.3. The summed E-state index contributed by atoms with van der Waals surface area (Å²) in [6.45, 7) is 6.01. The van der Waals surface area contributed by atoms with Crippen molar-refractivity contribution in [3.8, 4) is 0 Å². The predicted molar refractivity (Wildman–Crippen MR) is 99.0 cm³/mol. The van der Waals surface area contributed by atoms with E-state index in [1.807, 2.05) is 0 Å². The lowest BCUT2D eigenvalue weighted by molar-refractivity contribution is 0.214. The van der Waals surface area contributed by atoms with E-state index < -0.39 is 0 Å². The van der Waals surface area contributed by atoms with Crippen LogP contribution in [0.5, 0.6) is 0 Å². The molecule has 2 saturated carbocycles. The molecule has 2 aliphatic heterocycles. The maximum absolute atomic E-state index is 5.82. The average molecular weight is 367 g/mol. The summed E-state index contributed by atoms with van der Waals surface area (Å²) in [5, 5.41) is 7.88. The second kappa shape index (κ2) is 7.16. The molecule has 2 aliphatic carbocycles. The number of hydrogen-bond acceptors (Lipinski definition) is 5. The first-order valence-electron chi connectivity index (χ1n) is 10.1. The van der Waals surface area contributed by atoms with Crippen molar-refractivity contribution in [2.75, 3.05) is 32.7 Å². The SMILES string of the molecule is C1CNCC(CN2C[C@H]3CCC[C@@]3(c3nc(CC4CC4)no3)C2)C1.Cl. The highest BCUT2D eigenvalue weighted by molar-refractivity contribution is 5.85. The van der Waals surface area contributed by atoms with E-state index in [9.17, 15) is 0 Å². The molecule has 3 atom stereocenters. The van der Waals surface area contributed by atoms with Gasteiger partial charge in [0.1, 0.15) is 0 Å². The summed E-state index contributed by atoms with van der Waals surface area (Å²) >= 11 is 0. The average Bonchev–Trinajstić information content (AvgIpc) is 2.97. The fourth-order valence-corrected chi connectivity index (χ4v) is 5.45. The molecule has 1 unspecified atom stereocenters. The molecule has 5 nitrogen and oxygen atoms in total. The molecule has 1 N–H and O–H groups in total. The Morgan fingerprint density at radius 2 is 2.08 bits per heavy atom. The minimum Gasteiger partial charge on any atom is -0.339 e. The molecular weight excluding hydrogens is 336 g/mol. The Balaban J connectivity index is 0.00000157. The first-order valence-corrected chi connectivity index (χ1v) is 10.1. The Labute approximate surface area is 156 Å². The third-order valence-corrected chi connectivity index (χ3v) is 6.92. The number of aromatic nitrogens is 2. The second-order valence-electron chi connectivity index (χ2n) is 8.82. The minimum absolute atomic E-state index is 0. The van der Waals surface area contributed by atoms with Gasteiger partial charge in [0.15, 0.2) is 5.82 Å². The number of hydrogen-bond donors (Lipinski definition) is 1. The molecule has 3 heterocycles. The molecule has 0 spiro atoms. The van der Waals surface area contributed by atoms with Crippen LogP contribution < -0.4 is 5.32 Å². The van der Waals surface area contributed by atoms with Gasteiger partial charge in [-0.2, -0.15) is 4.98 Å². The molecule has 140 valence electrons. The molecule has 1 aromatic rings. The Bertz CT molecular complexity index is 584. The zero-order chi connectivity index (χ0) is 16.0. The van der Waals surface area contributed by atoms with E-state index in [1.165, 1.54) is 71.1 Å². The fraction of sp³-hybridized carbons (Fsp3) is 0.895. The van der Waals surface area contributed by atoms with Crippen molar-refractivity contribution in [3.63, 3.8) is 0 Å². The fourth-order valence-electron chi connectivity index (χ4n) is 5.45. The predicted octanol–water partition coefficient (Wildman–Crippen LogP) is 2.80. The third kappa shape index (κ3) is 3.47. The van der Waals surface area contributed by atoms with Crippen LogP contribution in [0.3, 0.4) is 0 Å². The van der Waals surface area contributed by atoms with Gasteiger partial charge in [-0.25, -0.2) is 0 Å². The molecule has 1 aromatic heterocycles. The number of rotatable bonds is 5. The maximum Gasteiger partial charge on any atom is 0.234 e. The molecule has 5 rings (SSSR count). The number of fused-ring (bicyclic) bond motifs is 1. The second-order valence-corrected chi connectivity index (χ2v) is 8.82. The lowest BCUT2D eigenvalue weighted by Gasteiger charge is -2.29. The van der Waals surface area contributed by atoms with Crippen LogP contribution in [-0.2, 0) is 11.8 Å². The molecule has 2 saturated heterocycles. The van der Waals surface area contributed by atoms with Gasteiger partial charge in [-0.15, -0.1) is 12.4 Å². The topological polar surface area (TPSA) is 54.2 Å². The summed E-state index contributed by atoms with van der Waals surface area (Å²) in [6, 6.07) is 0. The maximum atomic E-state index is 5.82. The van der Waals surface area contributed by atoms with E-state index in [2.05, 4.69) is 15.4 Å². The standard InChI is InChI=1S/C19H30N4O.ClH/c1-4-16-12-23(11-15-3-2-8-20-10-15)13-19(16,7-1)18-21-17(22-24-18)9-14-5-6-14;/h14-16,20H,1-13H2;1H/t15?,16-,19-;/m1./s1. The summed E-state index contributed by atoms with van der Waals surface area (Å²) in [5.41, 5.74) is 0.164. The van der Waals surface area contributed by atoms with Crippen molar-refractivity contribution in [1.82, 2.24) is 20.4 Å². The van der Waals surface area contributed by atoms with Crippen LogP contribution in [0.4, 0.5) is 0 Å². The van der Waals surface area contributed by atoms with Crippen LogP contribution in [0.25, 0.3) is 0 Å². The summed E-state index contributed by atoms with van der Waals surface area (Å²) in [5.74, 6) is 4.30. The number of piperidine rings is 1. The molecule has 4 fully saturated rings. The van der Waals surface area contributed by atoms with Crippen LogP contribution in [0, 0.1) is 17.8 Å². The quantitative estimate of drug-likeness (QED) is 0.868. The Hall–Kier alpha value is -0.650. The van der Waals surface area contributed by atoms with Gasteiger partial charge in [-0.1, -0.05) is 11.6 Å². The van der Waals surface area contributed by atoms with Crippen molar-refractivity contribution in [2.45, 2.75) is 56.8 Å². The third-order valence-electron chi connectivity index (χ3n) is 6.92. The van der Waals surface area contributed by atoms with Gasteiger partial charge < -0.3 is 14.7 Å². The van der Waals surface area contributed by atoms with Crippen molar-refractivity contribution in [2.24, 2.45) is 17.8 Å². The van der Waals surface area contributed by atoms with Crippen molar-refractivity contribution < 1.29 is 4.52 Å². The van der Waals surface area contributed by atoms with Crippen LogP contribution >= 0.6 is 12.4 Å². The van der Waals surface area contributed by atoms with E-state index in [0.717, 1.165) is 42.4 Å². The van der Waals surface area contributed by atoms with Crippen LogP contribution in [0.1, 0.15) is 56.7 Å². The van der Waals surface area contributed by atoms with Gasteiger partial charge >= 0.3 is 0 Å². The Kier molecular flexibility index (Phi) is 5.09.